The third-order valence-corrected chi connectivity index (χ3v) is 3.66. The Bertz CT molecular complexity index is 647. The molecule has 0 amide bonds. The molecule has 0 heterocycles. The van der Waals surface area contributed by atoms with Crippen LogP contribution < -0.4 is 4.74 Å². The number of ether oxygens (including phenoxy) is 1. The Morgan fingerprint density at radius 2 is 2.10 bits per heavy atom. The predicted octanol–water partition coefficient (Wildman–Crippen LogP) is 3.95. The zero-order chi connectivity index (χ0) is 14.5. The molecule has 0 aliphatic carbocycles. The van der Waals surface area contributed by atoms with Crippen molar-refractivity contribution in [1.82, 2.24) is 0 Å². The van der Waals surface area contributed by atoms with E-state index in [1.165, 1.54) is 0 Å². The number of rotatable bonds is 4. The van der Waals surface area contributed by atoms with Crippen LogP contribution in [0.5, 0.6) is 5.75 Å². The Balaban J connectivity index is 2.09. The van der Waals surface area contributed by atoms with Crippen molar-refractivity contribution in [2.45, 2.75) is 19.6 Å². The molecule has 2 aromatic carbocycles. The Morgan fingerprint density at radius 3 is 2.75 bits per heavy atom. The number of nitrogens with zero attached hydrogens (tertiary/aromatic N) is 1. The molecule has 0 spiro atoms. The molecule has 3 nitrogen and oxygen atoms in total. The van der Waals surface area contributed by atoms with Crippen LogP contribution in [0.15, 0.2) is 46.9 Å². The minimum absolute atomic E-state index is 0.398. The number of aliphatic hydroxyl groups excluding tert-OH is 1. The van der Waals surface area contributed by atoms with Crippen molar-refractivity contribution in [2.75, 3.05) is 0 Å². The number of hydrogen-bond acceptors (Lipinski definition) is 3. The molecule has 0 aliphatic rings. The topological polar surface area (TPSA) is 53.2 Å². The maximum Gasteiger partial charge on any atom is 0.120 e. The smallest absolute Gasteiger partial charge is 0.120 e. The van der Waals surface area contributed by atoms with Crippen molar-refractivity contribution in [1.29, 1.82) is 5.26 Å². The van der Waals surface area contributed by atoms with E-state index in [-0.39, 0.29) is 0 Å². The molecule has 0 aromatic heterocycles. The Labute approximate surface area is 126 Å². The minimum atomic E-state index is -0.514. The largest absolute Gasteiger partial charge is 0.489 e. The molecule has 0 fully saturated rings. The second kappa shape index (κ2) is 6.56. The Morgan fingerprint density at radius 1 is 1.30 bits per heavy atom. The van der Waals surface area contributed by atoms with Crippen LogP contribution in [0.4, 0.5) is 0 Å². The van der Waals surface area contributed by atoms with E-state index in [0.717, 1.165) is 15.6 Å². The summed E-state index contributed by atoms with van der Waals surface area (Å²) in [6.45, 7) is 2.12. The summed E-state index contributed by atoms with van der Waals surface area (Å²) in [6.07, 6.45) is -0.514. The molecule has 0 aliphatic heterocycles. The second-order valence-electron chi connectivity index (χ2n) is 4.46. The van der Waals surface area contributed by atoms with E-state index in [9.17, 15) is 5.11 Å². The highest BCUT2D eigenvalue weighted by Crippen LogP contribution is 2.23. The predicted molar refractivity (Wildman–Crippen MR) is 80.3 cm³/mol. The van der Waals surface area contributed by atoms with E-state index in [4.69, 9.17) is 10.00 Å². The Kier molecular flexibility index (Phi) is 4.78. The van der Waals surface area contributed by atoms with Gasteiger partial charge in [0.15, 0.2) is 0 Å². The van der Waals surface area contributed by atoms with E-state index >= 15 is 0 Å². The van der Waals surface area contributed by atoms with Crippen molar-refractivity contribution >= 4 is 15.9 Å². The van der Waals surface area contributed by atoms with Gasteiger partial charge in [0.05, 0.1) is 17.7 Å². The molecule has 1 unspecified atom stereocenters. The van der Waals surface area contributed by atoms with Gasteiger partial charge in [-0.25, -0.2) is 0 Å². The zero-order valence-electron chi connectivity index (χ0n) is 11.0. The van der Waals surface area contributed by atoms with Gasteiger partial charge < -0.3 is 9.84 Å². The lowest BCUT2D eigenvalue weighted by Gasteiger charge is -2.10. The van der Waals surface area contributed by atoms with Gasteiger partial charge >= 0.3 is 0 Å². The van der Waals surface area contributed by atoms with Gasteiger partial charge in [0.1, 0.15) is 12.4 Å². The van der Waals surface area contributed by atoms with Gasteiger partial charge in [0.2, 0.25) is 0 Å². The number of aliphatic hydroxyl groups is 1. The van der Waals surface area contributed by atoms with E-state index in [1.807, 2.05) is 30.3 Å². The summed E-state index contributed by atoms with van der Waals surface area (Å²) in [4.78, 5) is 0. The minimum Gasteiger partial charge on any atom is -0.489 e. The van der Waals surface area contributed by atoms with E-state index in [0.29, 0.717) is 17.9 Å². The van der Waals surface area contributed by atoms with Gasteiger partial charge in [-0.05, 0) is 36.8 Å². The summed E-state index contributed by atoms with van der Waals surface area (Å²) in [7, 11) is 0. The van der Waals surface area contributed by atoms with Crippen LogP contribution in [0.2, 0.25) is 0 Å². The summed E-state index contributed by atoms with van der Waals surface area (Å²) >= 11 is 3.43. The fourth-order valence-electron chi connectivity index (χ4n) is 1.76. The molecule has 0 saturated carbocycles. The maximum absolute atomic E-state index is 9.54. The molecule has 1 N–H and O–H groups in total. The van der Waals surface area contributed by atoms with Gasteiger partial charge in [0, 0.05) is 10.0 Å². The van der Waals surface area contributed by atoms with Gasteiger partial charge in [-0.2, -0.15) is 5.26 Å². The van der Waals surface area contributed by atoms with Crippen LogP contribution in [0.25, 0.3) is 0 Å². The van der Waals surface area contributed by atoms with Crippen LogP contribution in [-0.2, 0) is 6.61 Å². The summed E-state index contributed by atoms with van der Waals surface area (Å²) in [5.74, 6) is 0.708. The zero-order valence-corrected chi connectivity index (χ0v) is 12.6. The molecule has 0 radical (unpaired) electrons. The number of benzene rings is 2. The van der Waals surface area contributed by atoms with Crippen molar-refractivity contribution in [3.05, 3.63) is 63.6 Å². The lowest BCUT2D eigenvalue weighted by atomic mass is 10.1. The molecule has 0 bridgehead atoms. The molecule has 1 atom stereocenters. The number of nitriles is 1. The molecule has 2 aromatic rings. The number of halogens is 1. The first-order valence-corrected chi connectivity index (χ1v) is 6.99. The SMILES string of the molecule is CC(O)c1cccc(OCc2ccc(C#N)cc2Br)c1. The van der Waals surface area contributed by atoms with Gasteiger partial charge in [-0.3, -0.25) is 0 Å². The average Bonchev–Trinajstić information content (AvgIpc) is 2.46. The van der Waals surface area contributed by atoms with Crippen molar-refractivity contribution in [3.63, 3.8) is 0 Å². The van der Waals surface area contributed by atoms with E-state index in [1.54, 1.807) is 19.1 Å². The molecule has 102 valence electrons. The molecular formula is C16H14BrNO2. The molecule has 4 heteroatoms. The third kappa shape index (κ3) is 3.60. The summed E-state index contributed by atoms with van der Waals surface area (Å²) < 4.78 is 6.56. The van der Waals surface area contributed by atoms with Gasteiger partial charge in [0.25, 0.3) is 0 Å². The summed E-state index contributed by atoms with van der Waals surface area (Å²) in [5.41, 5.74) is 2.39. The van der Waals surface area contributed by atoms with Crippen molar-refractivity contribution in [2.24, 2.45) is 0 Å². The maximum atomic E-state index is 9.54. The van der Waals surface area contributed by atoms with Gasteiger partial charge in [-0.1, -0.05) is 34.1 Å². The first kappa shape index (κ1) is 14.6. The molecule has 2 rings (SSSR count). The monoisotopic (exact) mass is 331 g/mol. The molecule has 0 saturated heterocycles. The standard InChI is InChI=1S/C16H14BrNO2/c1-11(19)13-3-2-4-15(8-13)20-10-14-6-5-12(9-18)7-16(14)17/h2-8,11,19H,10H2,1H3. The lowest BCUT2D eigenvalue weighted by molar-refractivity contribution is 0.198. The highest BCUT2D eigenvalue weighted by molar-refractivity contribution is 9.10. The van der Waals surface area contributed by atoms with E-state index < -0.39 is 6.10 Å². The van der Waals surface area contributed by atoms with Crippen LogP contribution in [0.3, 0.4) is 0 Å². The first-order chi connectivity index (χ1) is 9.60. The summed E-state index contributed by atoms with van der Waals surface area (Å²) in [5, 5.41) is 18.4. The highest BCUT2D eigenvalue weighted by atomic mass is 79.9. The third-order valence-electron chi connectivity index (χ3n) is 2.92. The second-order valence-corrected chi connectivity index (χ2v) is 5.31. The van der Waals surface area contributed by atoms with Crippen molar-refractivity contribution in [3.8, 4) is 11.8 Å². The quantitative estimate of drug-likeness (QED) is 0.922. The van der Waals surface area contributed by atoms with Crippen LogP contribution in [-0.4, -0.2) is 5.11 Å². The first-order valence-electron chi connectivity index (χ1n) is 6.19. The van der Waals surface area contributed by atoms with Crippen LogP contribution in [0.1, 0.15) is 29.7 Å². The summed E-state index contributed by atoms with van der Waals surface area (Å²) in [6, 6.07) is 14.9. The van der Waals surface area contributed by atoms with Crippen LogP contribution in [0, 0.1) is 11.3 Å². The fourth-order valence-corrected chi connectivity index (χ4v) is 2.25. The lowest BCUT2D eigenvalue weighted by Crippen LogP contribution is -1.98. The van der Waals surface area contributed by atoms with Crippen LogP contribution >= 0.6 is 15.9 Å². The molecule has 20 heavy (non-hydrogen) atoms. The Hall–Kier alpha value is -1.83. The molecular weight excluding hydrogens is 318 g/mol. The number of hydrogen-bond donors (Lipinski definition) is 1. The van der Waals surface area contributed by atoms with Gasteiger partial charge in [-0.15, -0.1) is 0 Å². The normalized spacial score (nSPS) is 11.7. The highest BCUT2D eigenvalue weighted by Gasteiger charge is 2.05. The van der Waals surface area contributed by atoms with E-state index in [2.05, 4.69) is 22.0 Å². The fraction of sp³-hybridized carbons (Fsp3) is 0.188. The van der Waals surface area contributed by atoms with Crippen molar-refractivity contribution < 1.29 is 9.84 Å². The average molecular weight is 332 g/mol.